The molecule has 112 valence electrons. The Morgan fingerprint density at radius 1 is 1.20 bits per heavy atom. The van der Waals surface area contributed by atoms with Crippen LogP contribution in [0, 0.1) is 17.3 Å². The van der Waals surface area contributed by atoms with Gasteiger partial charge in [-0.25, -0.2) is 0 Å². The first-order chi connectivity index (χ1) is 9.43. The Balaban J connectivity index is 1.68. The first-order valence-corrected chi connectivity index (χ1v) is 8.60. The molecule has 2 atom stereocenters. The molecule has 0 aromatic carbocycles. The smallest absolute Gasteiger partial charge is 0.0333 e. The zero-order valence-electron chi connectivity index (χ0n) is 13.8. The molecule has 1 heteroatoms. The van der Waals surface area contributed by atoms with Gasteiger partial charge in [-0.3, -0.25) is 0 Å². The SMILES string of the molecule is C/C(=C/C(NC1CC(C)CC(C)(C)C1)=C1CC1)C1CC1. The third kappa shape index (κ3) is 3.68. The molecule has 0 heterocycles. The van der Waals surface area contributed by atoms with Crippen molar-refractivity contribution in [2.75, 3.05) is 0 Å². The maximum Gasteiger partial charge on any atom is 0.0333 e. The van der Waals surface area contributed by atoms with E-state index in [0.717, 1.165) is 11.8 Å². The monoisotopic (exact) mass is 273 g/mol. The van der Waals surface area contributed by atoms with Gasteiger partial charge < -0.3 is 5.32 Å². The second-order valence-corrected chi connectivity index (χ2v) is 8.43. The Kier molecular flexibility index (Phi) is 3.73. The van der Waals surface area contributed by atoms with E-state index in [-0.39, 0.29) is 0 Å². The molecule has 1 nitrogen and oxygen atoms in total. The normalized spacial score (nSPS) is 33.0. The maximum absolute atomic E-state index is 3.92. The van der Waals surface area contributed by atoms with E-state index in [2.05, 4.69) is 39.1 Å². The van der Waals surface area contributed by atoms with Crippen LogP contribution in [0.3, 0.4) is 0 Å². The van der Waals surface area contributed by atoms with Crippen LogP contribution in [-0.4, -0.2) is 6.04 Å². The van der Waals surface area contributed by atoms with Gasteiger partial charge in [0.1, 0.15) is 0 Å². The molecule has 3 fully saturated rings. The topological polar surface area (TPSA) is 12.0 Å². The third-order valence-corrected chi connectivity index (χ3v) is 5.22. The molecule has 3 saturated carbocycles. The predicted octanol–water partition coefficient (Wildman–Crippen LogP) is 5.20. The number of hydrogen-bond acceptors (Lipinski definition) is 1. The van der Waals surface area contributed by atoms with Gasteiger partial charge in [-0.2, -0.15) is 0 Å². The van der Waals surface area contributed by atoms with Crippen molar-refractivity contribution in [3.63, 3.8) is 0 Å². The summed E-state index contributed by atoms with van der Waals surface area (Å²) < 4.78 is 0. The van der Waals surface area contributed by atoms with Gasteiger partial charge in [0.05, 0.1) is 0 Å². The summed E-state index contributed by atoms with van der Waals surface area (Å²) in [6, 6.07) is 0.681. The lowest BCUT2D eigenvalue weighted by atomic mass is 9.70. The van der Waals surface area contributed by atoms with E-state index < -0.39 is 0 Å². The van der Waals surface area contributed by atoms with E-state index >= 15 is 0 Å². The molecule has 2 unspecified atom stereocenters. The minimum Gasteiger partial charge on any atom is -0.382 e. The summed E-state index contributed by atoms with van der Waals surface area (Å²) >= 11 is 0. The summed E-state index contributed by atoms with van der Waals surface area (Å²) in [4.78, 5) is 0. The minimum atomic E-state index is 0.504. The van der Waals surface area contributed by atoms with Crippen LogP contribution in [0.15, 0.2) is 22.9 Å². The highest BCUT2D eigenvalue weighted by atomic mass is 14.9. The Bertz CT molecular complexity index is 431. The van der Waals surface area contributed by atoms with Crippen molar-refractivity contribution in [2.45, 2.75) is 78.7 Å². The van der Waals surface area contributed by atoms with Crippen molar-refractivity contribution in [2.24, 2.45) is 17.3 Å². The van der Waals surface area contributed by atoms with Gasteiger partial charge in [0.25, 0.3) is 0 Å². The van der Waals surface area contributed by atoms with E-state index in [9.17, 15) is 0 Å². The highest BCUT2D eigenvalue weighted by molar-refractivity contribution is 5.35. The molecular weight excluding hydrogens is 242 g/mol. The second-order valence-electron chi connectivity index (χ2n) is 8.43. The van der Waals surface area contributed by atoms with Gasteiger partial charge in [0.15, 0.2) is 0 Å². The van der Waals surface area contributed by atoms with Crippen LogP contribution >= 0.6 is 0 Å². The fourth-order valence-electron chi connectivity index (χ4n) is 4.14. The van der Waals surface area contributed by atoms with Crippen LogP contribution in [-0.2, 0) is 0 Å². The van der Waals surface area contributed by atoms with Gasteiger partial charge in [0.2, 0.25) is 0 Å². The van der Waals surface area contributed by atoms with Gasteiger partial charge in [0, 0.05) is 11.7 Å². The molecule has 0 aromatic rings. The molecule has 0 aromatic heterocycles. The van der Waals surface area contributed by atoms with Crippen LogP contribution in [0.5, 0.6) is 0 Å². The Labute approximate surface area is 124 Å². The first kappa shape index (κ1) is 14.2. The van der Waals surface area contributed by atoms with Crippen molar-refractivity contribution in [1.29, 1.82) is 0 Å². The summed E-state index contributed by atoms with van der Waals surface area (Å²) in [7, 11) is 0. The highest BCUT2D eigenvalue weighted by Crippen LogP contribution is 2.41. The number of hydrogen-bond donors (Lipinski definition) is 1. The highest BCUT2D eigenvalue weighted by Gasteiger charge is 2.33. The Hall–Kier alpha value is -0.720. The summed E-state index contributed by atoms with van der Waals surface area (Å²) in [6.07, 6.45) is 12.0. The quantitative estimate of drug-likeness (QED) is 0.743. The number of rotatable bonds is 4. The van der Waals surface area contributed by atoms with E-state index in [0.29, 0.717) is 11.5 Å². The molecule has 0 bridgehead atoms. The first-order valence-electron chi connectivity index (χ1n) is 8.60. The molecule has 3 rings (SSSR count). The standard InChI is InChI=1S/C19H31N/c1-13-9-17(12-19(3,4)11-13)20-18(16-7-8-16)10-14(2)15-5-6-15/h10,13,15,17,20H,5-9,11-12H2,1-4H3/b14-10-. The predicted molar refractivity (Wildman–Crippen MR) is 86.5 cm³/mol. The molecular formula is C19H31N. The largest absolute Gasteiger partial charge is 0.382 e. The zero-order valence-corrected chi connectivity index (χ0v) is 13.8. The van der Waals surface area contributed by atoms with Crippen molar-refractivity contribution >= 4 is 0 Å². The Morgan fingerprint density at radius 2 is 1.90 bits per heavy atom. The van der Waals surface area contributed by atoms with E-state index in [1.54, 1.807) is 11.1 Å². The summed E-state index contributed by atoms with van der Waals surface area (Å²) in [5, 5.41) is 3.92. The van der Waals surface area contributed by atoms with Crippen molar-refractivity contribution < 1.29 is 0 Å². The van der Waals surface area contributed by atoms with Gasteiger partial charge in [-0.05, 0) is 80.8 Å². The molecule has 0 aliphatic heterocycles. The molecule has 1 N–H and O–H groups in total. The van der Waals surface area contributed by atoms with E-state index in [4.69, 9.17) is 0 Å². The molecule has 0 spiro atoms. The molecule has 0 saturated heterocycles. The summed E-state index contributed by atoms with van der Waals surface area (Å²) in [5.41, 5.74) is 5.27. The number of allylic oxidation sites excluding steroid dienone is 3. The lowest BCUT2D eigenvalue weighted by Crippen LogP contribution is -2.39. The molecule has 3 aliphatic rings. The van der Waals surface area contributed by atoms with Gasteiger partial charge >= 0.3 is 0 Å². The van der Waals surface area contributed by atoms with Crippen LogP contribution in [0.2, 0.25) is 0 Å². The molecule has 20 heavy (non-hydrogen) atoms. The van der Waals surface area contributed by atoms with E-state index in [1.807, 2.05) is 0 Å². The zero-order chi connectivity index (χ0) is 14.3. The van der Waals surface area contributed by atoms with Crippen LogP contribution in [0.25, 0.3) is 0 Å². The average molecular weight is 273 g/mol. The fourth-order valence-corrected chi connectivity index (χ4v) is 4.14. The van der Waals surface area contributed by atoms with Crippen molar-refractivity contribution in [1.82, 2.24) is 5.32 Å². The molecule has 0 radical (unpaired) electrons. The third-order valence-electron chi connectivity index (χ3n) is 5.22. The van der Waals surface area contributed by atoms with Crippen molar-refractivity contribution in [3.05, 3.63) is 22.9 Å². The summed E-state index contributed by atoms with van der Waals surface area (Å²) in [5.74, 6) is 1.75. The van der Waals surface area contributed by atoms with Crippen LogP contribution < -0.4 is 5.32 Å². The molecule has 3 aliphatic carbocycles. The average Bonchev–Trinajstić information content (AvgIpc) is 3.17. The molecule has 0 amide bonds. The van der Waals surface area contributed by atoms with Gasteiger partial charge in [-0.15, -0.1) is 0 Å². The van der Waals surface area contributed by atoms with Crippen LogP contribution in [0.4, 0.5) is 0 Å². The fraction of sp³-hybridized carbons (Fsp3) is 0.789. The van der Waals surface area contributed by atoms with Crippen LogP contribution in [0.1, 0.15) is 72.6 Å². The maximum atomic E-state index is 3.92. The van der Waals surface area contributed by atoms with E-state index in [1.165, 1.54) is 50.6 Å². The minimum absolute atomic E-state index is 0.504. The second kappa shape index (κ2) is 5.24. The lowest BCUT2D eigenvalue weighted by Gasteiger charge is -2.40. The van der Waals surface area contributed by atoms with Crippen molar-refractivity contribution in [3.8, 4) is 0 Å². The summed E-state index contributed by atoms with van der Waals surface area (Å²) in [6.45, 7) is 9.62. The van der Waals surface area contributed by atoms with Gasteiger partial charge in [-0.1, -0.05) is 26.3 Å². The Morgan fingerprint density at radius 3 is 2.45 bits per heavy atom. The number of nitrogens with one attached hydrogen (secondary N) is 1. The lowest BCUT2D eigenvalue weighted by molar-refractivity contribution is 0.157.